The van der Waals surface area contributed by atoms with Gasteiger partial charge in [0, 0.05) is 67.0 Å². The lowest BCUT2D eigenvalue weighted by molar-refractivity contribution is 0.425. The lowest BCUT2D eigenvalue weighted by Crippen LogP contribution is -2.20. The Balaban J connectivity index is 1.17. The SMILES string of the molecule is CN(C)CCNc1cc(F)cc(-c2nccc3[nH]c(-c4n[nH]c5cnc(-c6cncc(CNCc7ccccc7)c6)cc45)nc23)c1. The molecule has 0 bridgehead atoms. The summed E-state index contributed by atoms with van der Waals surface area (Å²) in [5, 5.41) is 15.3. The van der Waals surface area contributed by atoms with Crippen LogP contribution in [0.4, 0.5) is 10.1 Å². The molecule has 0 saturated carbocycles. The largest absolute Gasteiger partial charge is 0.384 e. The van der Waals surface area contributed by atoms with Gasteiger partial charge in [0.05, 0.1) is 28.6 Å². The Hall–Kier alpha value is -5.52. The molecule has 0 aliphatic rings. The fourth-order valence-electron chi connectivity index (χ4n) is 5.44. The number of halogens is 1. The number of aromatic nitrogens is 7. The van der Waals surface area contributed by atoms with Gasteiger partial charge in [0.1, 0.15) is 17.0 Å². The highest BCUT2D eigenvalue weighted by Gasteiger charge is 2.18. The summed E-state index contributed by atoms with van der Waals surface area (Å²) in [4.78, 5) is 24.1. The van der Waals surface area contributed by atoms with E-state index in [2.05, 4.69) is 63.9 Å². The van der Waals surface area contributed by atoms with Gasteiger partial charge in [0.25, 0.3) is 0 Å². The van der Waals surface area contributed by atoms with Gasteiger partial charge >= 0.3 is 0 Å². The molecule has 0 aliphatic heterocycles. The summed E-state index contributed by atoms with van der Waals surface area (Å²) in [7, 11) is 4.00. The molecule has 2 aromatic carbocycles. The number of likely N-dealkylation sites (N-methyl/N-ethyl adjacent to an activating group) is 1. The Morgan fingerprint density at radius 3 is 2.57 bits per heavy atom. The molecule has 0 saturated heterocycles. The molecule has 4 N–H and O–H groups in total. The van der Waals surface area contributed by atoms with E-state index < -0.39 is 0 Å². The molecule has 7 rings (SSSR count). The summed E-state index contributed by atoms with van der Waals surface area (Å²) in [6.07, 6.45) is 7.15. The van der Waals surface area contributed by atoms with Crippen LogP contribution in [-0.2, 0) is 13.1 Å². The van der Waals surface area contributed by atoms with Crippen molar-refractivity contribution < 1.29 is 4.39 Å². The maximum absolute atomic E-state index is 14.7. The number of nitrogens with zero attached hydrogens (tertiary/aromatic N) is 6. The highest BCUT2D eigenvalue weighted by Crippen LogP contribution is 2.32. The summed E-state index contributed by atoms with van der Waals surface area (Å²) < 4.78 is 14.7. The Bertz CT molecular complexity index is 2120. The molecule has 10 nitrogen and oxygen atoms in total. The summed E-state index contributed by atoms with van der Waals surface area (Å²) >= 11 is 0. The Morgan fingerprint density at radius 1 is 0.826 bits per heavy atom. The van der Waals surface area contributed by atoms with Crippen LogP contribution in [0.25, 0.3) is 56.0 Å². The van der Waals surface area contributed by atoms with Gasteiger partial charge in [-0.15, -0.1) is 0 Å². The molecule has 46 heavy (non-hydrogen) atoms. The van der Waals surface area contributed by atoms with Crippen LogP contribution in [0.2, 0.25) is 0 Å². The first-order chi connectivity index (χ1) is 22.5. The number of fused-ring (bicyclic) bond motifs is 2. The zero-order valence-corrected chi connectivity index (χ0v) is 25.5. The van der Waals surface area contributed by atoms with Crippen molar-refractivity contribution in [1.82, 2.24) is 45.3 Å². The molecule has 0 unspecified atom stereocenters. The molecule has 0 spiro atoms. The number of nitrogens with one attached hydrogen (secondary N) is 4. The number of benzene rings is 2. The summed E-state index contributed by atoms with van der Waals surface area (Å²) in [5.74, 6) is 0.230. The Labute approximate surface area is 265 Å². The monoisotopic (exact) mass is 612 g/mol. The smallest absolute Gasteiger partial charge is 0.159 e. The van der Waals surface area contributed by atoms with E-state index in [-0.39, 0.29) is 5.82 Å². The van der Waals surface area contributed by atoms with E-state index >= 15 is 0 Å². The van der Waals surface area contributed by atoms with Crippen molar-refractivity contribution in [3.05, 3.63) is 108 Å². The van der Waals surface area contributed by atoms with E-state index in [9.17, 15) is 4.39 Å². The quantitative estimate of drug-likeness (QED) is 0.140. The average molecular weight is 613 g/mol. The summed E-state index contributed by atoms with van der Waals surface area (Å²) in [5.41, 5.74) is 8.73. The van der Waals surface area contributed by atoms with Crippen LogP contribution in [0.15, 0.2) is 91.5 Å². The summed E-state index contributed by atoms with van der Waals surface area (Å²) in [6.45, 7) is 2.97. The van der Waals surface area contributed by atoms with Crippen molar-refractivity contribution in [2.45, 2.75) is 13.1 Å². The molecule has 5 aromatic heterocycles. The minimum Gasteiger partial charge on any atom is -0.384 e. The number of aromatic amines is 2. The minimum absolute atomic E-state index is 0.344. The first kappa shape index (κ1) is 29.2. The third-order valence-corrected chi connectivity index (χ3v) is 7.72. The number of anilines is 1. The fourth-order valence-corrected chi connectivity index (χ4v) is 5.44. The average Bonchev–Trinajstić information content (AvgIpc) is 3.69. The standard InChI is InChI=1S/C35H33FN10/c1-46(2)11-10-39-27-14-24(13-26(36)15-27)32-34-29(8-9-40-32)42-35(43-34)33-28-16-30(41-21-31(28)44-45-33)25-12-23(19-38-20-25)18-37-17-22-6-4-3-5-7-22/h3-9,12-16,19-21,37,39H,10-11,17-18H2,1-2H3,(H,42,43)(H,44,45). The topological polar surface area (TPSA) is 123 Å². The van der Waals surface area contributed by atoms with Gasteiger partial charge in [-0.05, 0) is 61.6 Å². The van der Waals surface area contributed by atoms with Gasteiger partial charge < -0.3 is 20.5 Å². The van der Waals surface area contributed by atoms with Gasteiger partial charge in [-0.1, -0.05) is 30.3 Å². The predicted octanol–water partition coefficient (Wildman–Crippen LogP) is 6.03. The Morgan fingerprint density at radius 2 is 1.70 bits per heavy atom. The van der Waals surface area contributed by atoms with Gasteiger partial charge in [-0.3, -0.25) is 20.1 Å². The molecule has 0 radical (unpaired) electrons. The van der Waals surface area contributed by atoms with E-state index in [4.69, 9.17) is 4.98 Å². The van der Waals surface area contributed by atoms with Crippen LogP contribution in [-0.4, -0.2) is 67.2 Å². The van der Waals surface area contributed by atoms with Gasteiger partial charge in [-0.25, -0.2) is 9.37 Å². The van der Waals surface area contributed by atoms with Crippen LogP contribution in [0.3, 0.4) is 0 Å². The maximum Gasteiger partial charge on any atom is 0.159 e. The van der Waals surface area contributed by atoms with Crippen molar-refractivity contribution in [2.24, 2.45) is 0 Å². The van der Waals surface area contributed by atoms with Gasteiger partial charge in [0.15, 0.2) is 5.82 Å². The molecule has 0 amide bonds. The highest BCUT2D eigenvalue weighted by atomic mass is 19.1. The van der Waals surface area contributed by atoms with Crippen LogP contribution >= 0.6 is 0 Å². The van der Waals surface area contributed by atoms with Crippen molar-refractivity contribution >= 4 is 27.6 Å². The van der Waals surface area contributed by atoms with Crippen molar-refractivity contribution in [2.75, 3.05) is 32.5 Å². The van der Waals surface area contributed by atoms with E-state index in [0.29, 0.717) is 47.1 Å². The zero-order valence-electron chi connectivity index (χ0n) is 25.5. The third-order valence-electron chi connectivity index (χ3n) is 7.72. The normalized spacial score (nSPS) is 11.6. The van der Waals surface area contributed by atoms with E-state index in [1.54, 1.807) is 12.4 Å². The zero-order chi connectivity index (χ0) is 31.5. The first-order valence-electron chi connectivity index (χ1n) is 15.1. The first-order valence-corrected chi connectivity index (χ1v) is 15.1. The van der Waals surface area contributed by atoms with Crippen molar-refractivity contribution in [3.8, 4) is 34.0 Å². The van der Waals surface area contributed by atoms with E-state index in [1.807, 2.05) is 62.9 Å². The molecule has 0 aliphatic carbocycles. The molecular formula is C35H33FN10. The third kappa shape index (κ3) is 6.32. The van der Waals surface area contributed by atoms with Crippen molar-refractivity contribution in [3.63, 3.8) is 0 Å². The number of pyridine rings is 3. The fraction of sp³-hybridized carbons (Fsp3) is 0.171. The van der Waals surface area contributed by atoms with E-state index in [0.717, 1.165) is 46.3 Å². The molecule has 11 heteroatoms. The summed E-state index contributed by atoms with van der Waals surface area (Å²) in [6, 6.07) is 21.1. The number of hydrogen-bond donors (Lipinski definition) is 4. The van der Waals surface area contributed by atoms with Gasteiger partial charge in [0.2, 0.25) is 0 Å². The van der Waals surface area contributed by atoms with E-state index in [1.165, 1.54) is 17.7 Å². The second-order valence-electron chi connectivity index (χ2n) is 11.5. The van der Waals surface area contributed by atoms with Crippen LogP contribution < -0.4 is 10.6 Å². The predicted molar refractivity (Wildman–Crippen MR) is 179 cm³/mol. The minimum atomic E-state index is -0.344. The second kappa shape index (κ2) is 12.8. The molecule has 0 fully saturated rings. The molecule has 0 atom stereocenters. The van der Waals surface area contributed by atoms with Crippen LogP contribution in [0, 0.1) is 5.82 Å². The Kier molecular flexibility index (Phi) is 8.15. The number of imidazole rings is 1. The molecule has 5 heterocycles. The number of rotatable bonds is 11. The van der Waals surface area contributed by atoms with Crippen molar-refractivity contribution in [1.29, 1.82) is 0 Å². The number of hydrogen-bond acceptors (Lipinski definition) is 8. The number of H-pyrrole nitrogens is 2. The van der Waals surface area contributed by atoms with Gasteiger partial charge in [-0.2, -0.15) is 5.10 Å². The van der Waals surface area contributed by atoms with Crippen LogP contribution in [0.5, 0.6) is 0 Å². The lowest BCUT2D eigenvalue weighted by Gasteiger charge is -2.12. The molecule has 7 aromatic rings. The molecule has 230 valence electrons. The second-order valence-corrected chi connectivity index (χ2v) is 11.5. The lowest BCUT2D eigenvalue weighted by atomic mass is 10.1. The van der Waals surface area contributed by atoms with Crippen LogP contribution in [0.1, 0.15) is 11.1 Å². The molecular weight excluding hydrogens is 579 g/mol. The maximum atomic E-state index is 14.7. The highest BCUT2D eigenvalue weighted by molar-refractivity contribution is 5.97.